The summed E-state index contributed by atoms with van der Waals surface area (Å²) in [5.41, 5.74) is 4.59. The van der Waals surface area contributed by atoms with Crippen LogP contribution in [0.25, 0.3) is 10.6 Å². The molecule has 1 N–H and O–H groups in total. The minimum Gasteiger partial charge on any atom is -0.320 e. The maximum absolute atomic E-state index is 12.3. The Balaban J connectivity index is 1.79. The summed E-state index contributed by atoms with van der Waals surface area (Å²) in [6, 6.07) is 7.97. The summed E-state index contributed by atoms with van der Waals surface area (Å²) in [5, 5.41) is 9.63. The third-order valence-electron chi connectivity index (χ3n) is 3.14. The summed E-state index contributed by atoms with van der Waals surface area (Å²) in [6.45, 7) is 4.02. The number of carbonyl (C=O) groups excluding carboxylic acids is 1. The van der Waals surface area contributed by atoms with Gasteiger partial charge < -0.3 is 5.32 Å². The zero-order valence-corrected chi connectivity index (χ0v) is 13.3. The van der Waals surface area contributed by atoms with Crippen molar-refractivity contribution in [2.45, 2.75) is 13.8 Å². The van der Waals surface area contributed by atoms with Gasteiger partial charge in [0.1, 0.15) is 10.7 Å². The lowest BCUT2D eigenvalue weighted by molar-refractivity contribution is 0.102. The smallest absolute Gasteiger partial charge is 0.275 e. The summed E-state index contributed by atoms with van der Waals surface area (Å²) in [4.78, 5) is 16.7. The van der Waals surface area contributed by atoms with Crippen molar-refractivity contribution >= 4 is 34.3 Å². The molecule has 1 amide bonds. The van der Waals surface area contributed by atoms with Crippen LogP contribution in [0.2, 0.25) is 0 Å². The van der Waals surface area contributed by atoms with Crippen LogP contribution in [0.3, 0.4) is 0 Å². The van der Waals surface area contributed by atoms with E-state index in [0.29, 0.717) is 5.69 Å². The van der Waals surface area contributed by atoms with Gasteiger partial charge >= 0.3 is 0 Å². The fourth-order valence-corrected chi connectivity index (χ4v) is 3.55. The first kappa shape index (κ1) is 14.0. The average molecular weight is 314 g/mol. The number of anilines is 1. The number of nitrogens with zero attached hydrogens (tertiary/aromatic N) is 1. The monoisotopic (exact) mass is 314 g/mol. The van der Waals surface area contributed by atoms with E-state index in [4.69, 9.17) is 0 Å². The maximum Gasteiger partial charge on any atom is 0.275 e. The van der Waals surface area contributed by atoms with Crippen molar-refractivity contribution in [2.75, 3.05) is 5.32 Å². The van der Waals surface area contributed by atoms with Crippen molar-refractivity contribution in [1.82, 2.24) is 4.98 Å². The zero-order valence-electron chi connectivity index (χ0n) is 11.7. The highest BCUT2D eigenvalue weighted by molar-refractivity contribution is 7.14. The highest BCUT2D eigenvalue weighted by atomic mass is 32.1. The number of benzene rings is 1. The van der Waals surface area contributed by atoms with Gasteiger partial charge in [0.25, 0.3) is 5.91 Å². The fraction of sp³-hybridized carbons (Fsp3) is 0.125. The van der Waals surface area contributed by atoms with Crippen LogP contribution in [0.15, 0.2) is 40.4 Å². The van der Waals surface area contributed by atoms with Gasteiger partial charge in [-0.3, -0.25) is 4.79 Å². The van der Waals surface area contributed by atoms with Gasteiger partial charge in [0.15, 0.2) is 0 Å². The van der Waals surface area contributed by atoms with Crippen molar-refractivity contribution in [3.05, 3.63) is 57.2 Å². The van der Waals surface area contributed by atoms with Crippen molar-refractivity contribution in [3.8, 4) is 10.6 Å². The first-order valence-corrected chi connectivity index (χ1v) is 8.32. The molecule has 0 saturated heterocycles. The van der Waals surface area contributed by atoms with Crippen LogP contribution in [0.5, 0.6) is 0 Å². The van der Waals surface area contributed by atoms with Gasteiger partial charge in [-0.2, -0.15) is 11.3 Å². The molecule has 0 aliphatic carbocycles. The van der Waals surface area contributed by atoms with E-state index in [1.165, 1.54) is 16.9 Å². The Kier molecular flexibility index (Phi) is 3.86. The molecular weight excluding hydrogens is 300 g/mol. The molecule has 0 atom stereocenters. The standard InChI is InChI=1S/C16H14N2OS2/c1-10-3-4-13(11(2)7-10)17-15(19)14-9-21-16(18-14)12-5-6-20-8-12/h3-9H,1-2H3,(H,17,19). The molecular formula is C16H14N2OS2. The van der Waals surface area contributed by atoms with Gasteiger partial charge in [0.2, 0.25) is 0 Å². The Hall–Kier alpha value is -1.98. The molecule has 0 saturated carbocycles. The number of amides is 1. The van der Waals surface area contributed by atoms with Gasteiger partial charge in [-0.05, 0) is 36.9 Å². The molecule has 106 valence electrons. The van der Waals surface area contributed by atoms with Gasteiger partial charge in [0, 0.05) is 22.0 Å². The lowest BCUT2D eigenvalue weighted by Gasteiger charge is -2.07. The Morgan fingerprint density at radius 3 is 2.76 bits per heavy atom. The Labute approximate surface area is 131 Å². The quantitative estimate of drug-likeness (QED) is 0.758. The first-order chi connectivity index (χ1) is 10.1. The zero-order chi connectivity index (χ0) is 14.8. The molecule has 1 aromatic carbocycles. The van der Waals surface area contributed by atoms with Crippen LogP contribution >= 0.6 is 22.7 Å². The third kappa shape index (κ3) is 3.04. The van der Waals surface area contributed by atoms with Gasteiger partial charge in [-0.15, -0.1) is 11.3 Å². The highest BCUT2D eigenvalue weighted by Gasteiger charge is 2.13. The average Bonchev–Trinajstić information content (AvgIpc) is 3.10. The number of thiazole rings is 1. The lowest BCUT2D eigenvalue weighted by Crippen LogP contribution is -2.13. The summed E-state index contributed by atoms with van der Waals surface area (Å²) in [5.74, 6) is -0.167. The van der Waals surface area contributed by atoms with E-state index in [-0.39, 0.29) is 5.91 Å². The number of hydrogen-bond donors (Lipinski definition) is 1. The number of aromatic nitrogens is 1. The minimum atomic E-state index is -0.167. The molecule has 2 aromatic heterocycles. The van der Waals surface area contributed by atoms with E-state index in [0.717, 1.165) is 21.8 Å². The van der Waals surface area contributed by atoms with Crippen LogP contribution < -0.4 is 5.32 Å². The topological polar surface area (TPSA) is 42.0 Å². The molecule has 3 rings (SSSR count). The molecule has 5 heteroatoms. The number of hydrogen-bond acceptors (Lipinski definition) is 4. The maximum atomic E-state index is 12.3. The molecule has 0 spiro atoms. The molecule has 0 aliphatic heterocycles. The Bertz CT molecular complexity index is 775. The van der Waals surface area contributed by atoms with Gasteiger partial charge in [-0.25, -0.2) is 4.98 Å². The largest absolute Gasteiger partial charge is 0.320 e. The predicted octanol–water partition coefficient (Wildman–Crippen LogP) is 4.74. The number of carbonyl (C=O) groups is 1. The van der Waals surface area contributed by atoms with Crippen molar-refractivity contribution < 1.29 is 4.79 Å². The van der Waals surface area contributed by atoms with E-state index in [1.54, 1.807) is 16.7 Å². The lowest BCUT2D eigenvalue weighted by atomic mass is 10.1. The summed E-state index contributed by atoms with van der Waals surface area (Å²) in [7, 11) is 0. The van der Waals surface area contributed by atoms with Crippen LogP contribution in [0.1, 0.15) is 21.6 Å². The normalized spacial score (nSPS) is 10.6. The second-order valence-electron chi connectivity index (χ2n) is 4.82. The molecule has 0 unspecified atom stereocenters. The Morgan fingerprint density at radius 1 is 1.19 bits per heavy atom. The highest BCUT2D eigenvalue weighted by Crippen LogP contribution is 2.26. The van der Waals surface area contributed by atoms with E-state index in [1.807, 2.05) is 48.9 Å². The SMILES string of the molecule is Cc1ccc(NC(=O)c2csc(-c3ccsc3)n2)c(C)c1. The first-order valence-electron chi connectivity index (χ1n) is 6.50. The molecule has 0 aliphatic rings. The van der Waals surface area contributed by atoms with Crippen LogP contribution in [-0.2, 0) is 0 Å². The number of thiophene rings is 1. The fourth-order valence-electron chi connectivity index (χ4n) is 2.04. The van der Waals surface area contributed by atoms with Crippen LogP contribution in [0.4, 0.5) is 5.69 Å². The van der Waals surface area contributed by atoms with Crippen LogP contribution in [0, 0.1) is 13.8 Å². The van der Waals surface area contributed by atoms with E-state index in [2.05, 4.69) is 10.3 Å². The molecule has 0 fully saturated rings. The molecule has 2 heterocycles. The second-order valence-corrected chi connectivity index (χ2v) is 6.46. The third-order valence-corrected chi connectivity index (χ3v) is 4.71. The minimum absolute atomic E-state index is 0.167. The molecule has 3 aromatic rings. The summed E-state index contributed by atoms with van der Waals surface area (Å²) in [6.07, 6.45) is 0. The molecule has 0 radical (unpaired) electrons. The second kappa shape index (κ2) is 5.79. The van der Waals surface area contributed by atoms with Gasteiger partial charge in [0.05, 0.1) is 0 Å². The number of rotatable bonds is 3. The summed E-state index contributed by atoms with van der Waals surface area (Å²) >= 11 is 3.11. The number of nitrogens with one attached hydrogen (secondary N) is 1. The van der Waals surface area contributed by atoms with Gasteiger partial charge in [-0.1, -0.05) is 17.7 Å². The van der Waals surface area contributed by atoms with E-state index < -0.39 is 0 Å². The van der Waals surface area contributed by atoms with Crippen molar-refractivity contribution in [3.63, 3.8) is 0 Å². The van der Waals surface area contributed by atoms with Crippen LogP contribution in [-0.4, -0.2) is 10.9 Å². The number of aryl methyl sites for hydroxylation is 2. The molecule has 0 bridgehead atoms. The Morgan fingerprint density at radius 2 is 2.05 bits per heavy atom. The van der Waals surface area contributed by atoms with Crippen molar-refractivity contribution in [1.29, 1.82) is 0 Å². The van der Waals surface area contributed by atoms with E-state index >= 15 is 0 Å². The predicted molar refractivity (Wildman–Crippen MR) is 89.3 cm³/mol. The van der Waals surface area contributed by atoms with Crippen molar-refractivity contribution in [2.24, 2.45) is 0 Å². The molecule has 21 heavy (non-hydrogen) atoms. The van der Waals surface area contributed by atoms with E-state index in [9.17, 15) is 4.79 Å². The molecule has 3 nitrogen and oxygen atoms in total. The summed E-state index contributed by atoms with van der Waals surface area (Å²) < 4.78 is 0.